The maximum absolute atomic E-state index is 11.9. The number of hydrogen-bond acceptors (Lipinski definition) is 6. The van der Waals surface area contributed by atoms with Gasteiger partial charge in [0.2, 0.25) is 0 Å². The number of benzene rings is 2. The number of carbonyl (C=O) groups is 1. The summed E-state index contributed by atoms with van der Waals surface area (Å²) in [5, 5.41) is 0. The van der Waals surface area contributed by atoms with E-state index in [4.69, 9.17) is 14.2 Å². The highest BCUT2D eigenvalue weighted by Crippen LogP contribution is 2.25. The van der Waals surface area contributed by atoms with Gasteiger partial charge >= 0.3 is 5.97 Å². The second-order valence-corrected chi connectivity index (χ2v) is 10.0. The molecule has 0 saturated heterocycles. The van der Waals surface area contributed by atoms with Crippen LogP contribution < -0.4 is 9.47 Å². The van der Waals surface area contributed by atoms with Crippen LogP contribution in [0.3, 0.4) is 0 Å². The zero-order chi connectivity index (χ0) is 27.7. The monoisotopic (exact) mass is 532 g/mol. The van der Waals surface area contributed by atoms with Gasteiger partial charge in [0.25, 0.3) is 0 Å². The Kier molecular flexibility index (Phi) is 13.3. The molecule has 39 heavy (non-hydrogen) atoms. The van der Waals surface area contributed by atoms with Crippen molar-refractivity contribution in [3.8, 4) is 34.0 Å². The molecule has 0 aliphatic rings. The second kappa shape index (κ2) is 17.2. The lowest BCUT2D eigenvalue weighted by molar-refractivity contribution is -0.149. The highest BCUT2D eigenvalue weighted by molar-refractivity contribution is 5.69. The highest BCUT2D eigenvalue weighted by Gasteiger charge is 2.10. The van der Waals surface area contributed by atoms with Crippen molar-refractivity contribution in [2.45, 2.75) is 91.1 Å². The van der Waals surface area contributed by atoms with Crippen LogP contribution in [0, 0.1) is 0 Å². The summed E-state index contributed by atoms with van der Waals surface area (Å²) in [6, 6.07) is 16.1. The highest BCUT2D eigenvalue weighted by atomic mass is 16.6. The van der Waals surface area contributed by atoms with Crippen molar-refractivity contribution in [3.63, 3.8) is 0 Å². The number of unbranched alkanes of at least 4 members (excludes halogenated alkanes) is 7. The van der Waals surface area contributed by atoms with Gasteiger partial charge in [-0.05, 0) is 43.0 Å². The Labute approximate surface area is 234 Å². The summed E-state index contributed by atoms with van der Waals surface area (Å²) < 4.78 is 17.1. The van der Waals surface area contributed by atoms with Gasteiger partial charge in [-0.3, -0.25) is 4.79 Å². The summed E-state index contributed by atoms with van der Waals surface area (Å²) >= 11 is 0. The van der Waals surface area contributed by atoms with E-state index < -0.39 is 0 Å². The van der Waals surface area contributed by atoms with Crippen molar-refractivity contribution in [2.75, 3.05) is 13.2 Å². The van der Waals surface area contributed by atoms with Crippen molar-refractivity contribution in [1.82, 2.24) is 9.97 Å². The van der Waals surface area contributed by atoms with Crippen LogP contribution >= 0.6 is 0 Å². The predicted molar refractivity (Wildman–Crippen MR) is 157 cm³/mol. The van der Waals surface area contributed by atoms with Crippen molar-refractivity contribution in [1.29, 1.82) is 0 Å². The molecule has 0 amide bonds. The lowest BCUT2D eigenvalue weighted by Crippen LogP contribution is -2.21. The first-order valence-electron chi connectivity index (χ1n) is 14.6. The van der Waals surface area contributed by atoms with Crippen molar-refractivity contribution >= 4 is 5.97 Å². The summed E-state index contributed by atoms with van der Waals surface area (Å²) in [6.45, 7) is 7.27. The third-order valence-corrected chi connectivity index (χ3v) is 6.53. The molecule has 6 heteroatoms. The third kappa shape index (κ3) is 11.1. The molecule has 0 fully saturated rings. The Morgan fingerprint density at radius 1 is 0.692 bits per heavy atom. The smallest absolute Gasteiger partial charge is 0.306 e. The molecule has 210 valence electrons. The Hall–Kier alpha value is -3.41. The lowest BCUT2D eigenvalue weighted by Gasteiger charge is -2.15. The number of hydrogen-bond donors (Lipinski definition) is 0. The minimum atomic E-state index is -0.283. The molecule has 1 aromatic heterocycles. The third-order valence-electron chi connectivity index (χ3n) is 6.53. The molecule has 1 atom stereocenters. The van der Waals surface area contributed by atoms with E-state index in [2.05, 4.69) is 35.9 Å². The first-order valence-corrected chi connectivity index (χ1v) is 14.6. The fraction of sp³-hybridized carbons (Fsp3) is 0.485. The summed E-state index contributed by atoms with van der Waals surface area (Å²) in [5.41, 5.74) is 3.14. The Balaban J connectivity index is 1.43. The predicted octanol–water partition coefficient (Wildman–Crippen LogP) is 8.44. The minimum absolute atomic E-state index is 0.149. The normalized spacial score (nSPS) is 11.7. The van der Waals surface area contributed by atoms with Gasteiger partial charge in [-0.15, -0.1) is 0 Å². The summed E-state index contributed by atoms with van der Waals surface area (Å²) in [4.78, 5) is 20.9. The van der Waals surface area contributed by atoms with E-state index >= 15 is 0 Å². The molecule has 0 N–H and O–H groups in total. The lowest BCUT2D eigenvalue weighted by atomic mass is 10.0. The number of esters is 1. The van der Waals surface area contributed by atoms with Gasteiger partial charge in [-0.1, -0.05) is 95.2 Å². The van der Waals surface area contributed by atoms with Gasteiger partial charge in [-0.2, -0.15) is 0 Å². The van der Waals surface area contributed by atoms with Gasteiger partial charge in [0.15, 0.2) is 11.6 Å². The van der Waals surface area contributed by atoms with Gasteiger partial charge in [0.1, 0.15) is 18.5 Å². The minimum Gasteiger partial charge on any atom is -0.490 e. The van der Waals surface area contributed by atoms with Crippen molar-refractivity contribution < 1.29 is 19.0 Å². The van der Waals surface area contributed by atoms with Gasteiger partial charge < -0.3 is 14.2 Å². The fourth-order valence-electron chi connectivity index (χ4n) is 4.22. The number of aromatic nitrogens is 2. The average molecular weight is 533 g/mol. The molecule has 1 heterocycles. The van der Waals surface area contributed by atoms with E-state index in [0.717, 1.165) is 54.5 Å². The first kappa shape index (κ1) is 30.1. The van der Waals surface area contributed by atoms with Crippen LogP contribution in [-0.4, -0.2) is 35.3 Å². The van der Waals surface area contributed by atoms with E-state index in [0.29, 0.717) is 31.2 Å². The van der Waals surface area contributed by atoms with E-state index in [9.17, 15) is 4.79 Å². The van der Waals surface area contributed by atoms with Crippen LogP contribution in [0.4, 0.5) is 0 Å². The molecule has 0 aliphatic heterocycles. The Morgan fingerprint density at radius 2 is 1.26 bits per heavy atom. The molecular formula is C33H44N2O4. The Morgan fingerprint density at radius 3 is 1.90 bits per heavy atom. The van der Waals surface area contributed by atoms with E-state index in [1.54, 1.807) is 12.4 Å². The molecule has 0 radical (unpaired) electrons. The molecule has 0 aliphatic carbocycles. The maximum Gasteiger partial charge on any atom is 0.306 e. The number of rotatable bonds is 18. The molecule has 0 bridgehead atoms. The fourth-order valence-corrected chi connectivity index (χ4v) is 4.22. The molecular weight excluding hydrogens is 488 g/mol. The summed E-state index contributed by atoms with van der Waals surface area (Å²) in [7, 11) is 0. The van der Waals surface area contributed by atoms with Crippen LogP contribution in [-0.2, 0) is 9.53 Å². The molecule has 1 unspecified atom stereocenters. The molecule has 0 saturated carbocycles. The second-order valence-electron chi connectivity index (χ2n) is 10.0. The molecule has 2 aromatic carbocycles. The van der Waals surface area contributed by atoms with E-state index in [1.165, 1.54) is 25.7 Å². The number of nitrogens with zero attached hydrogens (tertiary/aromatic N) is 2. The van der Waals surface area contributed by atoms with Gasteiger partial charge in [0.05, 0.1) is 19.0 Å². The molecule has 3 rings (SSSR count). The summed E-state index contributed by atoms with van der Waals surface area (Å²) in [5.74, 6) is 1.99. The molecule has 3 aromatic rings. The average Bonchev–Trinajstić information content (AvgIpc) is 2.97. The van der Waals surface area contributed by atoms with Crippen LogP contribution in [0.2, 0.25) is 0 Å². The topological polar surface area (TPSA) is 70.5 Å². The van der Waals surface area contributed by atoms with E-state index in [1.807, 2.05) is 43.3 Å². The van der Waals surface area contributed by atoms with Gasteiger partial charge in [0, 0.05) is 12.0 Å². The standard InChI is InChI=1S/C33H44N2O4/c1-4-6-8-10-12-22-37-31-23-34-33(35-24-31)29-16-14-27(15-17-29)28-18-20-30(21-19-28)38-25-26(3)39-32(36)13-11-9-7-5-2/h14-21,23-24,26H,4-13,22,25H2,1-3H3. The quantitative estimate of drug-likeness (QED) is 0.121. The number of ether oxygens (including phenoxy) is 3. The van der Waals surface area contributed by atoms with Crippen molar-refractivity contribution in [2.24, 2.45) is 0 Å². The zero-order valence-electron chi connectivity index (χ0n) is 23.9. The van der Waals surface area contributed by atoms with E-state index in [-0.39, 0.29) is 12.1 Å². The Bertz CT molecular complexity index is 1080. The van der Waals surface area contributed by atoms with Crippen LogP contribution in [0.15, 0.2) is 60.9 Å². The van der Waals surface area contributed by atoms with Crippen LogP contribution in [0.25, 0.3) is 22.5 Å². The summed E-state index contributed by atoms with van der Waals surface area (Å²) in [6.07, 6.45) is 14.0. The van der Waals surface area contributed by atoms with Crippen molar-refractivity contribution in [3.05, 3.63) is 60.9 Å². The zero-order valence-corrected chi connectivity index (χ0v) is 23.9. The molecule has 6 nitrogen and oxygen atoms in total. The van der Waals surface area contributed by atoms with Crippen LogP contribution in [0.1, 0.15) is 85.0 Å². The number of carbonyl (C=O) groups excluding carboxylic acids is 1. The SMILES string of the molecule is CCCCCCCOc1cnc(-c2ccc(-c3ccc(OCC(C)OC(=O)CCCCCC)cc3)cc2)nc1. The largest absolute Gasteiger partial charge is 0.490 e. The van der Waals surface area contributed by atoms with Crippen LogP contribution in [0.5, 0.6) is 11.5 Å². The maximum atomic E-state index is 11.9. The molecule has 0 spiro atoms. The first-order chi connectivity index (χ1) is 19.1. The van der Waals surface area contributed by atoms with Gasteiger partial charge in [-0.25, -0.2) is 9.97 Å².